The summed E-state index contributed by atoms with van der Waals surface area (Å²) in [5.41, 5.74) is 10.3. The molecule has 10 atom stereocenters. The standard InChI is InChI=1S/C21H26F2N10O11P2/c1-26-15(24)11-16(27-2)32(5-28-11)19-10(23)13-8(42-19)4-40-46(37,38)44-14-9(22)7(3-39-45(35,36)43-13)41-20(14)33-6-29-12-17(33)30-21(25)31-18(12)34/h5-10,13-14,19-20H,2-4H2,1H3,(H2,24,26)(H,35,36)(H,37,38)(H3,25,30,31,34)/t7-,8-,9-,10-,13-,14-,19-,20-/m1/s1. The number of hydrogen-bond donors (Lipinski definition) is 5. The van der Waals surface area contributed by atoms with Crippen molar-refractivity contribution in [2.45, 2.75) is 49.2 Å². The van der Waals surface area contributed by atoms with Crippen LogP contribution in [0.1, 0.15) is 18.1 Å². The van der Waals surface area contributed by atoms with Crippen LogP contribution < -0.4 is 17.0 Å². The number of phosphoric acid groups is 2. The van der Waals surface area contributed by atoms with E-state index in [0.717, 1.165) is 21.8 Å². The first-order chi connectivity index (χ1) is 21.7. The van der Waals surface area contributed by atoms with E-state index in [2.05, 4.69) is 36.6 Å². The second kappa shape index (κ2) is 11.9. The van der Waals surface area contributed by atoms with Crippen LogP contribution in [-0.2, 0) is 36.7 Å². The number of nitrogen functional groups attached to an aromatic ring is 1. The number of anilines is 1. The summed E-state index contributed by atoms with van der Waals surface area (Å²) in [6.45, 7) is 1.44. The molecule has 7 N–H and O–H groups in total. The van der Waals surface area contributed by atoms with Crippen molar-refractivity contribution < 1.29 is 55.3 Å². The Morgan fingerprint density at radius 2 is 1.67 bits per heavy atom. The number of nitrogens with one attached hydrogen (secondary N) is 1. The molecule has 3 aromatic rings. The van der Waals surface area contributed by atoms with Crippen molar-refractivity contribution in [2.75, 3.05) is 26.0 Å². The minimum atomic E-state index is -5.25. The van der Waals surface area contributed by atoms with Crippen molar-refractivity contribution in [3.05, 3.63) is 28.7 Å². The molecule has 2 bridgehead atoms. The van der Waals surface area contributed by atoms with Gasteiger partial charge in [0.15, 0.2) is 41.8 Å². The van der Waals surface area contributed by atoms with Gasteiger partial charge in [0, 0.05) is 7.05 Å². The fourth-order valence-corrected chi connectivity index (χ4v) is 7.04. The SMILES string of the molecule is C=Nc1c(/C(N)=N\C)ncn1[C@@H]1O[C@@H]2COP(=O)(O)O[C@@H]3[C@H](F)[C@@H](COP(=O)(O)O[C@H]2[C@H]1F)O[C@H]3n1cnc2c(=O)[nH]c(N)nc21. The summed E-state index contributed by atoms with van der Waals surface area (Å²) in [5, 5.41) is 0. The molecule has 25 heteroatoms. The fraction of sp³-hybridized carbons (Fsp3) is 0.524. The number of alkyl halides is 2. The summed E-state index contributed by atoms with van der Waals surface area (Å²) in [6.07, 6.45) is -13.1. The largest absolute Gasteiger partial charge is 0.472 e. The fourth-order valence-electron chi connectivity index (χ4n) is 5.16. The number of amidine groups is 1. The van der Waals surface area contributed by atoms with Gasteiger partial charge in [0.25, 0.3) is 5.56 Å². The number of aliphatic imine (C=N–C) groups is 2. The van der Waals surface area contributed by atoms with Crippen LogP contribution in [-0.4, -0.2) is 108 Å². The van der Waals surface area contributed by atoms with Crippen LogP contribution in [0.5, 0.6) is 0 Å². The van der Waals surface area contributed by atoms with Crippen molar-refractivity contribution in [3.8, 4) is 0 Å². The third kappa shape index (κ3) is 5.79. The van der Waals surface area contributed by atoms with Gasteiger partial charge in [0.2, 0.25) is 5.95 Å². The van der Waals surface area contributed by atoms with E-state index in [4.69, 9.17) is 39.0 Å². The quantitative estimate of drug-likeness (QED) is 0.134. The van der Waals surface area contributed by atoms with E-state index in [1.165, 1.54) is 7.05 Å². The molecule has 3 aliphatic rings. The molecule has 0 aromatic carbocycles. The lowest BCUT2D eigenvalue weighted by molar-refractivity contribution is -0.0671. The minimum absolute atomic E-state index is 0.0241. The molecule has 0 radical (unpaired) electrons. The van der Waals surface area contributed by atoms with E-state index >= 15 is 8.78 Å². The maximum Gasteiger partial charge on any atom is 0.472 e. The first kappa shape index (κ1) is 32.4. The van der Waals surface area contributed by atoms with E-state index < -0.39 is 83.6 Å². The van der Waals surface area contributed by atoms with Gasteiger partial charge in [-0.3, -0.25) is 42.0 Å². The number of nitrogens with zero attached hydrogens (tertiary/aromatic N) is 7. The Hall–Kier alpha value is -3.50. The monoisotopic (exact) mass is 694 g/mol. The maximum atomic E-state index is 15.9. The molecule has 3 saturated heterocycles. The third-order valence-corrected chi connectivity index (χ3v) is 9.22. The zero-order chi connectivity index (χ0) is 33.1. The second-order valence-electron chi connectivity index (χ2n) is 10.1. The lowest BCUT2D eigenvalue weighted by atomic mass is 10.1. The van der Waals surface area contributed by atoms with Gasteiger partial charge in [0.1, 0.15) is 35.9 Å². The van der Waals surface area contributed by atoms with E-state index in [0.29, 0.717) is 0 Å². The Morgan fingerprint density at radius 1 is 1.04 bits per heavy atom. The zero-order valence-corrected chi connectivity index (χ0v) is 25.2. The third-order valence-electron chi connectivity index (χ3n) is 7.24. The van der Waals surface area contributed by atoms with Crippen LogP contribution in [0.25, 0.3) is 11.2 Å². The molecular formula is C21H26F2N10O11P2. The van der Waals surface area contributed by atoms with Crippen molar-refractivity contribution in [3.63, 3.8) is 0 Å². The van der Waals surface area contributed by atoms with Gasteiger partial charge in [-0.15, -0.1) is 0 Å². The molecule has 250 valence electrons. The summed E-state index contributed by atoms with van der Waals surface area (Å²) >= 11 is 0. The number of aromatic nitrogens is 6. The van der Waals surface area contributed by atoms with Gasteiger partial charge in [-0.1, -0.05) is 0 Å². The topological polar surface area (TPSA) is 288 Å². The molecule has 0 saturated carbocycles. The number of hydrogen-bond acceptors (Lipinski definition) is 15. The van der Waals surface area contributed by atoms with Gasteiger partial charge in [-0.2, -0.15) is 4.98 Å². The number of imidazole rings is 2. The van der Waals surface area contributed by atoms with E-state index in [1.807, 2.05) is 0 Å². The number of phosphoric ester groups is 2. The normalized spacial score (nSPS) is 37.4. The number of fused-ring (bicyclic) bond motifs is 4. The minimum Gasteiger partial charge on any atom is -0.382 e. The number of nitrogens with two attached hydrogens (primary N) is 2. The predicted octanol–water partition coefficient (Wildman–Crippen LogP) is -0.245. The Morgan fingerprint density at radius 3 is 2.35 bits per heavy atom. The zero-order valence-electron chi connectivity index (χ0n) is 23.4. The second-order valence-corrected chi connectivity index (χ2v) is 12.9. The molecule has 6 heterocycles. The lowest BCUT2D eigenvalue weighted by Crippen LogP contribution is -2.34. The Labute approximate surface area is 255 Å². The molecule has 3 aromatic heterocycles. The van der Waals surface area contributed by atoms with Crippen LogP contribution in [0.15, 0.2) is 27.4 Å². The molecule has 46 heavy (non-hydrogen) atoms. The van der Waals surface area contributed by atoms with E-state index in [-0.39, 0.29) is 34.5 Å². The molecule has 0 amide bonds. The predicted molar refractivity (Wildman–Crippen MR) is 150 cm³/mol. The number of H-pyrrole nitrogens is 1. The average molecular weight is 694 g/mol. The Kier molecular flexibility index (Phi) is 8.42. The Bertz CT molecular complexity index is 1850. The highest BCUT2D eigenvalue weighted by Crippen LogP contribution is 2.54. The van der Waals surface area contributed by atoms with Crippen LogP contribution >= 0.6 is 15.6 Å². The molecule has 6 rings (SSSR count). The Balaban J connectivity index is 1.32. The molecule has 3 aliphatic heterocycles. The van der Waals surface area contributed by atoms with Crippen molar-refractivity contribution in [1.82, 2.24) is 29.1 Å². The van der Waals surface area contributed by atoms with E-state index in [9.17, 15) is 23.7 Å². The van der Waals surface area contributed by atoms with Gasteiger partial charge in [-0.05, 0) is 6.72 Å². The van der Waals surface area contributed by atoms with Crippen LogP contribution in [0.2, 0.25) is 0 Å². The number of ether oxygens (including phenoxy) is 2. The first-order valence-corrected chi connectivity index (χ1v) is 16.1. The smallest absolute Gasteiger partial charge is 0.382 e. The van der Waals surface area contributed by atoms with Gasteiger partial charge in [0.05, 0.1) is 25.9 Å². The van der Waals surface area contributed by atoms with Crippen molar-refractivity contribution in [2.24, 2.45) is 15.7 Å². The van der Waals surface area contributed by atoms with Crippen LogP contribution in [0.3, 0.4) is 0 Å². The van der Waals surface area contributed by atoms with Crippen LogP contribution in [0.4, 0.5) is 20.5 Å². The maximum absolute atomic E-state index is 15.9. The summed E-state index contributed by atoms with van der Waals surface area (Å²) < 4.78 is 91.3. The molecule has 21 nitrogen and oxygen atoms in total. The summed E-state index contributed by atoms with van der Waals surface area (Å²) in [7, 11) is -9.10. The lowest BCUT2D eigenvalue weighted by Gasteiger charge is -2.25. The summed E-state index contributed by atoms with van der Waals surface area (Å²) in [6, 6.07) is 0. The van der Waals surface area contributed by atoms with Gasteiger partial charge in [-0.25, -0.2) is 32.9 Å². The van der Waals surface area contributed by atoms with Crippen molar-refractivity contribution >= 4 is 51.1 Å². The first-order valence-electron chi connectivity index (χ1n) is 13.1. The highest BCUT2D eigenvalue weighted by Gasteiger charge is 2.55. The molecule has 3 fully saturated rings. The van der Waals surface area contributed by atoms with Crippen molar-refractivity contribution in [1.29, 1.82) is 0 Å². The highest BCUT2D eigenvalue weighted by molar-refractivity contribution is 7.47. The molecule has 2 unspecified atom stereocenters. The number of halogens is 2. The van der Waals surface area contributed by atoms with Gasteiger partial charge < -0.3 is 30.7 Å². The van der Waals surface area contributed by atoms with E-state index in [1.54, 1.807) is 0 Å². The van der Waals surface area contributed by atoms with Gasteiger partial charge >= 0.3 is 15.6 Å². The average Bonchev–Trinajstić information content (AvgIpc) is 3.75. The molecule has 0 spiro atoms. The highest BCUT2D eigenvalue weighted by atomic mass is 31.2. The summed E-state index contributed by atoms with van der Waals surface area (Å²) in [5.74, 6) is -0.480. The van der Waals surface area contributed by atoms with Crippen LogP contribution in [0, 0.1) is 0 Å². The molecule has 0 aliphatic carbocycles. The summed E-state index contributed by atoms with van der Waals surface area (Å²) in [4.78, 5) is 55.1. The number of rotatable bonds is 4. The molecular weight excluding hydrogens is 668 g/mol. The number of aromatic amines is 1.